The van der Waals surface area contributed by atoms with Crippen molar-refractivity contribution in [3.05, 3.63) is 59.4 Å². The fourth-order valence-corrected chi connectivity index (χ4v) is 5.86. The number of amidine groups is 1. The summed E-state index contributed by atoms with van der Waals surface area (Å²) in [7, 11) is -1.42. The molecule has 1 saturated carbocycles. The molecular formula is C23H30ClN5O2S. The predicted molar refractivity (Wildman–Crippen MR) is 132 cm³/mol. The molecule has 0 saturated heterocycles. The SMILES string of the molecule is Cl.Cn1c(Cc2ccc(C(=N)N)cc2)nc2cc(NS(=O)(=O)CC3CCCCC3)ccc21. The van der Waals surface area contributed by atoms with Gasteiger partial charge in [0.2, 0.25) is 10.0 Å². The highest BCUT2D eigenvalue weighted by Gasteiger charge is 2.21. The number of hydrogen-bond acceptors (Lipinski definition) is 4. The smallest absolute Gasteiger partial charge is 0.232 e. The summed E-state index contributed by atoms with van der Waals surface area (Å²) in [6.45, 7) is 0. The van der Waals surface area contributed by atoms with Crippen LogP contribution < -0.4 is 10.5 Å². The molecule has 1 aromatic heterocycles. The molecule has 0 atom stereocenters. The lowest BCUT2D eigenvalue weighted by atomic mass is 9.91. The summed E-state index contributed by atoms with van der Waals surface area (Å²) in [6.07, 6.45) is 6.09. The maximum absolute atomic E-state index is 12.6. The highest BCUT2D eigenvalue weighted by Crippen LogP contribution is 2.26. The van der Waals surface area contributed by atoms with E-state index in [9.17, 15) is 8.42 Å². The fourth-order valence-electron chi connectivity index (χ4n) is 4.34. The van der Waals surface area contributed by atoms with Crippen LogP contribution in [-0.2, 0) is 23.5 Å². The lowest BCUT2D eigenvalue weighted by molar-refractivity contribution is 0.385. The third-order valence-electron chi connectivity index (χ3n) is 6.05. The molecule has 3 aromatic rings. The first-order chi connectivity index (χ1) is 14.8. The van der Waals surface area contributed by atoms with E-state index in [1.807, 2.05) is 41.9 Å². The summed E-state index contributed by atoms with van der Waals surface area (Å²) in [5.74, 6) is 1.38. The van der Waals surface area contributed by atoms with Crippen LogP contribution in [0.4, 0.5) is 5.69 Å². The lowest BCUT2D eigenvalue weighted by Gasteiger charge is -2.21. The van der Waals surface area contributed by atoms with Gasteiger partial charge in [0.25, 0.3) is 0 Å². The van der Waals surface area contributed by atoms with Crippen molar-refractivity contribution < 1.29 is 8.42 Å². The first-order valence-corrected chi connectivity index (χ1v) is 12.3. The number of aromatic nitrogens is 2. The highest BCUT2D eigenvalue weighted by molar-refractivity contribution is 7.92. The first kappa shape index (κ1) is 24.1. The Bertz CT molecular complexity index is 1200. The molecule has 0 bridgehead atoms. The summed E-state index contributed by atoms with van der Waals surface area (Å²) < 4.78 is 30.0. The van der Waals surface area contributed by atoms with Crippen LogP contribution in [0.25, 0.3) is 11.0 Å². The molecular weight excluding hydrogens is 446 g/mol. The van der Waals surface area contributed by atoms with Gasteiger partial charge in [0.1, 0.15) is 11.7 Å². The van der Waals surface area contributed by atoms with Crippen molar-refractivity contribution in [1.82, 2.24) is 9.55 Å². The minimum absolute atomic E-state index is 0. The Labute approximate surface area is 195 Å². The van der Waals surface area contributed by atoms with Crippen LogP contribution in [0.5, 0.6) is 0 Å². The molecule has 0 radical (unpaired) electrons. The third-order valence-corrected chi connectivity index (χ3v) is 7.51. The van der Waals surface area contributed by atoms with Crippen molar-refractivity contribution in [2.45, 2.75) is 38.5 Å². The average Bonchev–Trinajstić information content (AvgIpc) is 3.03. The van der Waals surface area contributed by atoms with Crippen LogP contribution >= 0.6 is 12.4 Å². The minimum Gasteiger partial charge on any atom is -0.384 e. The van der Waals surface area contributed by atoms with E-state index in [-0.39, 0.29) is 29.9 Å². The maximum Gasteiger partial charge on any atom is 0.232 e. The van der Waals surface area contributed by atoms with E-state index < -0.39 is 10.0 Å². The Morgan fingerprint density at radius 1 is 1.16 bits per heavy atom. The molecule has 1 aliphatic rings. The molecule has 4 N–H and O–H groups in total. The Morgan fingerprint density at radius 2 is 1.84 bits per heavy atom. The van der Waals surface area contributed by atoms with Gasteiger partial charge in [-0.15, -0.1) is 12.4 Å². The number of nitrogens with two attached hydrogens (primary N) is 1. The maximum atomic E-state index is 12.6. The highest BCUT2D eigenvalue weighted by atomic mass is 35.5. The van der Waals surface area contributed by atoms with E-state index in [0.717, 1.165) is 48.1 Å². The number of halogens is 1. The number of hydrogen-bond donors (Lipinski definition) is 3. The number of anilines is 1. The fraction of sp³-hybridized carbons (Fsp3) is 0.391. The van der Waals surface area contributed by atoms with Gasteiger partial charge in [-0.1, -0.05) is 43.5 Å². The van der Waals surface area contributed by atoms with Gasteiger partial charge in [0.15, 0.2) is 0 Å². The summed E-state index contributed by atoms with van der Waals surface area (Å²) >= 11 is 0. The number of fused-ring (bicyclic) bond motifs is 1. The minimum atomic E-state index is -3.38. The second-order valence-corrected chi connectivity index (χ2v) is 10.2. The van der Waals surface area contributed by atoms with Crippen molar-refractivity contribution in [3.63, 3.8) is 0 Å². The third kappa shape index (κ3) is 5.61. The zero-order chi connectivity index (χ0) is 22.0. The Hall–Kier alpha value is -2.58. The standard InChI is InChI=1S/C23H29N5O2S.ClH/c1-28-21-12-11-19(27-31(29,30)15-17-5-3-2-4-6-17)14-20(21)26-22(28)13-16-7-9-18(10-8-16)23(24)25;/h7-12,14,17,27H,2-6,13,15H2,1H3,(H3,24,25);1H. The van der Waals surface area contributed by atoms with E-state index >= 15 is 0 Å². The number of rotatable bonds is 7. The number of nitrogens with zero attached hydrogens (tertiary/aromatic N) is 2. The van der Waals surface area contributed by atoms with Crippen LogP contribution in [0, 0.1) is 11.3 Å². The molecule has 0 unspecified atom stereocenters. The van der Waals surface area contributed by atoms with Crippen molar-refractivity contribution in [2.24, 2.45) is 18.7 Å². The largest absolute Gasteiger partial charge is 0.384 e. The number of benzene rings is 2. The molecule has 0 aliphatic heterocycles. The first-order valence-electron chi connectivity index (χ1n) is 10.7. The monoisotopic (exact) mass is 475 g/mol. The zero-order valence-electron chi connectivity index (χ0n) is 18.2. The molecule has 1 fully saturated rings. The summed E-state index contributed by atoms with van der Waals surface area (Å²) in [6, 6.07) is 13.1. The van der Waals surface area contributed by atoms with Crippen LogP contribution in [0.15, 0.2) is 42.5 Å². The molecule has 1 heterocycles. The Balaban J connectivity index is 0.00000289. The van der Waals surface area contributed by atoms with Gasteiger partial charge in [0.05, 0.1) is 22.5 Å². The van der Waals surface area contributed by atoms with Crippen molar-refractivity contribution >= 4 is 45.0 Å². The summed E-state index contributed by atoms with van der Waals surface area (Å²) in [5.41, 5.74) is 9.54. The van der Waals surface area contributed by atoms with Gasteiger partial charge in [-0.3, -0.25) is 10.1 Å². The molecule has 0 spiro atoms. The molecule has 32 heavy (non-hydrogen) atoms. The molecule has 172 valence electrons. The molecule has 2 aromatic carbocycles. The average molecular weight is 476 g/mol. The zero-order valence-corrected chi connectivity index (χ0v) is 19.8. The van der Waals surface area contributed by atoms with Crippen LogP contribution in [0.1, 0.15) is 49.1 Å². The number of nitrogens with one attached hydrogen (secondary N) is 2. The summed E-state index contributed by atoms with van der Waals surface area (Å²) in [5, 5.41) is 7.50. The predicted octanol–water partition coefficient (Wildman–Crippen LogP) is 4.19. The number of aryl methyl sites for hydroxylation is 1. The molecule has 4 rings (SSSR count). The normalized spacial score (nSPS) is 14.8. The van der Waals surface area contributed by atoms with Gasteiger partial charge < -0.3 is 10.3 Å². The Kier molecular flexibility index (Phi) is 7.46. The van der Waals surface area contributed by atoms with E-state index in [1.165, 1.54) is 6.42 Å². The van der Waals surface area contributed by atoms with Gasteiger partial charge in [0, 0.05) is 19.0 Å². The number of sulfonamides is 1. The molecule has 1 aliphatic carbocycles. The van der Waals surface area contributed by atoms with Crippen molar-refractivity contribution in [2.75, 3.05) is 10.5 Å². The molecule has 7 nitrogen and oxygen atoms in total. The molecule has 9 heteroatoms. The second-order valence-electron chi connectivity index (χ2n) is 8.47. The number of nitrogen functional groups attached to an aromatic ring is 1. The van der Waals surface area contributed by atoms with Gasteiger partial charge in [-0.05, 0) is 42.5 Å². The molecule has 0 amide bonds. The second kappa shape index (κ2) is 9.92. The van der Waals surface area contributed by atoms with Gasteiger partial charge in [-0.25, -0.2) is 13.4 Å². The van der Waals surface area contributed by atoms with Crippen LogP contribution in [0.3, 0.4) is 0 Å². The van der Waals surface area contributed by atoms with E-state index in [4.69, 9.17) is 16.1 Å². The Morgan fingerprint density at radius 3 is 2.50 bits per heavy atom. The summed E-state index contributed by atoms with van der Waals surface area (Å²) in [4.78, 5) is 4.73. The van der Waals surface area contributed by atoms with E-state index in [1.54, 1.807) is 12.1 Å². The number of imidazole rings is 1. The quantitative estimate of drug-likeness (QED) is 0.351. The van der Waals surface area contributed by atoms with Crippen LogP contribution in [0.2, 0.25) is 0 Å². The van der Waals surface area contributed by atoms with Gasteiger partial charge >= 0.3 is 0 Å². The lowest BCUT2D eigenvalue weighted by Crippen LogP contribution is -2.24. The van der Waals surface area contributed by atoms with E-state index in [2.05, 4.69) is 4.72 Å². The van der Waals surface area contributed by atoms with Gasteiger partial charge in [-0.2, -0.15) is 0 Å². The van der Waals surface area contributed by atoms with E-state index in [0.29, 0.717) is 17.7 Å². The van der Waals surface area contributed by atoms with Crippen molar-refractivity contribution in [1.29, 1.82) is 5.41 Å². The topological polar surface area (TPSA) is 114 Å². The van der Waals surface area contributed by atoms with Crippen molar-refractivity contribution in [3.8, 4) is 0 Å². The van der Waals surface area contributed by atoms with Crippen LogP contribution in [-0.4, -0.2) is 29.6 Å².